The fourth-order valence-electron chi connectivity index (χ4n) is 5.66. The summed E-state index contributed by atoms with van der Waals surface area (Å²) < 4.78 is 11.4. The summed E-state index contributed by atoms with van der Waals surface area (Å²) in [6.07, 6.45) is 2.21. The van der Waals surface area contributed by atoms with E-state index in [2.05, 4.69) is 27.2 Å². The molecule has 0 bridgehead atoms. The van der Waals surface area contributed by atoms with Gasteiger partial charge in [-0.1, -0.05) is 24.3 Å². The maximum absolute atomic E-state index is 13.5. The van der Waals surface area contributed by atoms with Crippen LogP contribution < -0.4 is 19.7 Å². The molecule has 6 rings (SSSR count). The summed E-state index contributed by atoms with van der Waals surface area (Å²) in [5.74, 6) is 2.07. The van der Waals surface area contributed by atoms with E-state index in [1.807, 2.05) is 42.5 Å². The Morgan fingerprint density at radius 1 is 1.03 bits per heavy atom. The summed E-state index contributed by atoms with van der Waals surface area (Å²) in [6.45, 7) is 5.01. The fraction of sp³-hybridized carbons (Fsp3) is 0.448. The number of hydrogen-bond acceptors (Lipinski definition) is 7. The van der Waals surface area contributed by atoms with Crippen LogP contribution in [0.25, 0.3) is 10.9 Å². The molecule has 8 heteroatoms. The van der Waals surface area contributed by atoms with Crippen molar-refractivity contribution >= 4 is 22.6 Å². The van der Waals surface area contributed by atoms with Gasteiger partial charge in [-0.05, 0) is 68.2 Å². The zero-order chi connectivity index (χ0) is 25.2. The van der Waals surface area contributed by atoms with Crippen LogP contribution in [0, 0.1) is 5.92 Å². The lowest BCUT2D eigenvalue weighted by Crippen LogP contribution is -2.48. The van der Waals surface area contributed by atoms with Crippen LogP contribution in [0.5, 0.6) is 11.5 Å². The number of aromatic nitrogens is 1. The van der Waals surface area contributed by atoms with Gasteiger partial charge in [-0.2, -0.15) is 0 Å². The highest BCUT2D eigenvalue weighted by molar-refractivity contribution is 5.82. The van der Waals surface area contributed by atoms with E-state index in [1.54, 1.807) is 0 Å². The van der Waals surface area contributed by atoms with Gasteiger partial charge in [0.25, 0.3) is 0 Å². The number of hydrogen-bond donors (Lipinski definition) is 2. The van der Waals surface area contributed by atoms with Gasteiger partial charge in [0.1, 0.15) is 25.1 Å². The van der Waals surface area contributed by atoms with Crippen molar-refractivity contribution in [2.45, 2.75) is 31.4 Å². The van der Waals surface area contributed by atoms with Crippen molar-refractivity contribution in [2.75, 3.05) is 50.8 Å². The summed E-state index contributed by atoms with van der Waals surface area (Å²) in [5.41, 5.74) is 1.68. The quantitative estimate of drug-likeness (QED) is 0.513. The first-order valence-corrected chi connectivity index (χ1v) is 13.4. The van der Waals surface area contributed by atoms with E-state index in [4.69, 9.17) is 14.5 Å². The number of anilines is 1. The predicted molar refractivity (Wildman–Crippen MR) is 142 cm³/mol. The van der Waals surface area contributed by atoms with Gasteiger partial charge in [0.15, 0.2) is 11.5 Å². The third kappa shape index (κ3) is 5.22. The van der Waals surface area contributed by atoms with Crippen LogP contribution in [0.1, 0.15) is 30.9 Å². The molecule has 1 amide bonds. The van der Waals surface area contributed by atoms with E-state index < -0.39 is 12.1 Å². The molecule has 0 spiro atoms. The average molecular weight is 503 g/mol. The molecule has 0 unspecified atom stereocenters. The normalized spacial score (nSPS) is 21.2. The maximum Gasteiger partial charge on any atom is 0.225 e. The van der Waals surface area contributed by atoms with Gasteiger partial charge < -0.3 is 29.7 Å². The van der Waals surface area contributed by atoms with E-state index in [1.165, 1.54) is 0 Å². The number of fused-ring (bicyclic) bond motifs is 2. The van der Waals surface area contributed by atoms with Crippen molar-refractivity contribution < 1.29 is 19.4 Å². The summed E-state index contributed by atoms with van der Waals surface area (Å²) in [6, 6.07) is 17.3. The number of aliphatic hydroxyl groups is 1. The number of aliphatic hydroxyl groups excluding tert-OH is 1. The SMILES string of the molecule is O=C(N[C@H](CN1CCCC1)[C@H](O)c1ccc2c(c1)OCCO2)[C@@H]1CCN(c2ccc3ccccc3n2)C1. The second-order valence-corrected chi connectivity index (χ2v) is 10.3. The summed E-state index contributed by atoms with van der Waals surface area (Å²) >= 11 is 0. The first-order chi connectivity index (χ1) is 18.1. The smallest absolute Gasteiger partial charge is 0.225 e. The Balaban J connectivity index is 1.15. The molecule has 0 aliphatic carbocycles. The Morgan fingerprint density at radius 2 is 1.84 bits per heavy atom. The molecule has 4 heterocycles. The van der Waals surface area contributed by atoms with Crippen LogP contribution in [0.2, 0.25) is 0 Å². The maximum atomic E-state index is 13.5. The van der Waals surface area contributed by atoms with Crippen molar-refractivity contribution in [1.29, 1.82) is 0 Å². The first kappa shape index (κ1) is 24.0. The second-order valence-electron chi connectivity index (χ2n) is 10.3. The van der Waals surface area contributed by atoms with Crippen molar-refractivity contribution in [3.8, 4) is 11.5 Å². The Labute approximate surface area is 217 Å². The van der Waals surface area contributed by atoms with E-state index in [0.717, 1.165) is 61.2 Å². The molecular formula is C29H34N4O4. The van der Waals surface area contributed by atoms with Crippen LogP contribution in [0.15, 0.2) is 54.6 Å². The number of nitrogens with one attached hydrogen (secondary N) is 1. The standard InChI is InChI=1S/C29H34N4O4/c34-28(21-7-9-25-26(17-21)37-16-15-36-25)24(19-32-12-3-4-13-32)31-29(35)22-11-14-33(18-22)27-10-8-20-5-1-2-6-23(20)30-27/h1-2,5-10,17,22,24,28,34H,3-4,11-16,18-19H2,(H,31,35)/t22-,24-,28-/m1/s1. The molecule has 37 heavy (non-hydrogen) atoms. The van der Waals surface area contributed by atoms with Gasteiger partial charge >= 0.3 is 0 Å². The van der Waals surface area contributed by atoms with E-state index >= 15 is 0 Å². The Hall–Kier alpha value is -3.36. The summed E-state index contributed by atoms with van der Waals surface area (Å²) in [4.78, 5) is 22.8. The molecule has 2 fully saturated rings. The number of benzene rings is 2. The number of amides is 1. The largest absolute Gasteiger partial charge is 0.486 e. The number of rotatable bonds is 7. The molecule has 194 valence electrons. The highest BCUT2D eigenvalue weighted by Gasteiger charge is 2.33. The number of pyridine rings is 1. The van der Waals surface area contributed by atoms with Crippen LogP contribution in [0.4, 0.5) is 5.82 Å². The number of para-hydroxylation sites is 1. The number of carbonyl (C=O) groups is 1. The number of ether oxygens (including phenoxy) is 2. The number of carbonyl (C=O) groups excluding carboxylic acids is 1. The minimum Gasteiger partial charge on any atom is -0.486 e. The lowest BCUT2D eigenvalue weighted by atomic mass is 9.99. The third-order valence-corrected chi connectivity index (χ3v) is 7.74. The van der Waals surface area contributed by atoms with Crippen molar-refractivity contribution in [3.05, 3.63) is 60.2 Å². The Bertz CT molecular complexity index is 1260. The topological polar surface area (TPSA) is 87.2 Å². The predicted octanol–water partition coefficient (Wildman–Crippen LogP) is 3.15. The van der Waals surface area contributed by atoms with Crippen molar-refractivity contribution in [1.82, 2.24) is 15.2 Å². The lowest BCUT2D eigenvalue weighted by Gasteiger charge is -2.30. The van der Waals surface area contributed by atoms with Crippen molar-refractivity contribution in [2.24, 2.45) is 5.92 Å². The molecule has 0 radical (unpaired) electrons. The van der Waals surface area contributed by atoms with Crippen molar-refractivity contribution in [3.63, 3.8) is 0 Å². The number of nitrogens with zero attached hydrogens (tertiary/aromatic N) is 3. The van der Waals surface area contributed by atoms with Gasteiger partial charge in [-0.3, -0.25) is 4.79 Å². The molecule has 3 aliphatic rings. The lowest BCUT2D eigenvalue weighted by molar-refractivity contribution is -0.126. The van der Waals surface area contributed by atoms with E-state index in [-0.39, 0.29) is 11.8 Å². The zero-order valence-corrected chi connectivity index (χ0v) is 21.0. The molecule has 1 aromatic heterocycles. The van der Waals surface area contributed by atoms with E-state index in [9.17, 15) is 9.90 Å². The minimum atomic E-state index is -0.847. The van der Waals surface area contributed by atoms with Gasteiger partial charge in [-0.25, -0.2) is 4.98 Å². The molecule has 2 aromatic carbocycles. The van der Waals surface area contributed by atoms with Crippen LogP contribution in [-0.4, -0.2) is 72.9 Å². The Morgan fingerprint density at radius 3 is 2.70 bits per heavy atom. The highest BCUT2D eigenvalue weighted by Crippen LogP contribution is 2.34. The molecule has 3 aliphatic heterocycles. The minimum absolute atomic E-state index is 0.0101. The van der Waals surface area contributed by atoms with Gasteiger partial charge in [0, 0.05) is 25.0 Å². The Kier molecular flexibility index (Phi) is 6.85. The molecule has 2 saturated heterocycles. The van der Waals surface area contributed by atoms with Crippen LogP contribution in [-0.2, 0) is 4.79 Å². The van der Waals surface area contributed by atoms with E-state index in [0.29, 0.717) is 37.8 Å². The monoisotopic (exact) mass is 502 g/mol. The van der Waals surface area contributed by atoms with Gasteiger partial charge in [0.05, 0.1) is 17.5 Å². The highest BCUT2D eigenvalue weighted by atomic mass is 16.6. The fourth-order valence-corrected chi connectivity index (χ4v) is 5.66. The molecule has 0 saturated carbocycles. The van der Waals surface area contributed by atoms with Gasteiger partial charge in [-0.15, -0.1) is 0 Å². The second kappa shape index (κ2) is 10.6. The first-order valence-electron chi connectivity index (χ1n) is 13.4. The molecule has 2 N–H and O–H groups in total. The summed E-state index contributed by atoms with van der Waals surface area (Å²) in [7, 11) is 0. The molecule has 3 atom stereocenters. The average Bonchev–Trinajstić information content (AvgIpc) is 3.64. The molecule has 3 aromatic rings. The molecule has 8 nitrogen and oxygen atoms in total. The van der Waals surface area contributed by atoms with Gasteiger partial charge in [0.2, 0.25) is 5.91 Å². The zero-order valence-electron chi connectivity index (χ0n) is 21.0. The third-order valence-electron chi connectivity index (χ3n) is 7.74. The summed E-state index contributed by atoms with van der Waals surface area (Å²) in [5, 5.41) is 15.7. The number of likely N-dealkylation sites (tertiary alicyclic amines) is 1. The molecular weight excluding hydrogens is 468 g/mol. The van der Waals surface area contributed by atoms with Crippen LogP contribution >= 0.6 is 0 Å². The van der Waals surface area contributed by atoms with Crippen LogP contribution in [0.3, 0.4) is 0 Å².